The van der Waals surface area contributed by atoms with Gasteiger partial charge >= 0.3 is 0 Å². The maximum atomic E-state index is 15.2. The SMILES string of the molecule is [B]C([B])(CCF)N1CC[C@H](Oc2ccc(C3=C(c4ccc(C)cc4F)CCCc4cc(O)ccc43)cc2)C1. The van der Waals surface area contributed by atoms with Crippen LogP contribution in [0.15, 0.2) is 60.7 Å². The van der Waals surface area contributed by atoms with E-state index in [1.807, 2.05) is 60.4 Å². The molecule has 1 heterocycles. The topological polar surface area (TPSA) is 32.7 Å². The van der Waals surface area contributed by atoms with Gasteiger partial charge in [-0.3, -0.25) is 4.39 Å². The van der Waals surface area contributed by atoms with Crippen molar-refractivity contribution in [3.8, 4) is 11.5 Å². The number of hydrogen-bond acceptors (Lipinski definition) is 3. The Morgan fingerprint density at radius 1 is 1.03 bits per heavy atom. The molecule has 192 valence electrons. The summed E-state index contributed by atoms with van der Waals surface area (Å²) in [7, 11) is 12.2. The molecule has 0 spiro atoms. The zero-order valence-electron chi connectivity index (χ0n) is 21.7. The lowest BCUT2D eigenvalue weighted by molar-refractivity contribution is 0.180. The van der Waals surface area contributed by atoms with Gasteiger partial charge in [-0.15, -0.1) is 0 Å². The first kappa shape index (κ1) is 26.6. The molecule has 5 rings (SSSR count). The predicted octanol–water partition coefficient (Wildman–Crippen LogP) is 5.94. The van der Waals surface area contributed by atoms with E-state index in [-0.39, 0.29) is 24.1 Å². The molecule has 1 N–H and O–H groups in total. The molecule has 1 saturated heterocycles. The molecule has 3 aromatic rings. The number of rotatable bonds is 7. The van der Waals surface area contributed by atoms with Gasteiger partial charge in [0.15, 0.2) is 0 Å². The normalized spacial score (nSPS) is 18.3. The lowest BCUT2D eigenvalue weighted by Gasteiger charge is -2.36. The van der Waals surface area contributed by atoms with E-state index in [0.717, 1.165) is 59.1 Å². The van der Waals surface area contributed by atoms with Crippen LogP contribution in [0.4, 0.5) is 8.78 Å². The number of fused-ring (bicyclic) bond motifs is 1. The Hall–Kier alpha value is -3.05. The highest BCUT2D eigenvalue weighted by atomic mass is 19.1. The van der Waals surface area contributed by atoms with Crippen molar-refractivity contribution in [2.45, 2.75) is 50.5 Å². The summed E-state index contributed by atoms with van der Waals surface area (Å²) in [5, 5.41) is 8.96. The van der Waals surface area contributed by atoms with Gasteiger partial charge < -0.3 is 14.7 Å². The van der Waals surface area contributed by atoms with Crippen molar-refractivity contribution in [1.29, 1.82) is 0 Å². The van der Waals surface area contributed by atoms with Crippen LogP contribution in [-0.2, 0) is 6.42 Å². The summed E-state index contributed by atoms with van der Waals surface area (Å²) in [6, 6.07) is 18.7. The van der Waals surface area contributed by atoms with Gasteiger partial charge in [-0.25, -0.2) is 4.39 Å². The molecule has 1 fully saturated rings. The van der Waals surface area contributed by atoms with E-state index in [2.05, 4.69) is 0 Å². The van der Waals surface area contributed by atoms with Crippen molar-refractivity contribution in [3.63, 3.8) is 0 Å². The third-order valence-corrected chi connectivity index (χ3v) is 7.66. The fourth-order valence-corrected chi connectivity index (χ4v) is 5.64. The molecule has 0 aromatic heterocycles. The minimum atomic E-state index is -1.17. The van der Waals surface area contributed by atoms with Crippen molar-refractivity contribution >= 4 is 26.8 Å². The molecule has 1 aliphatic carbocycles. The van der Waals surface area contributed by atoms with E-state index >= 15 is 4.39 Å². The van der Waals surface area contributed by atoms with Crippen LogP contribution >= 0.6 is 0 Å². The van der Waals surface area contributed by atoms with Gasteiger partial charge in [-0.05, 0) is 103 Å². The summed E-state index contributed by atoms with van der Waals surface area (Å²) >= 11 is 0. The number of ether oxygens (including phenoxy) is 1. The van der Waals surface area contributed by atoms with Crippen LogP contribution < -0.4 is 4.74 Å². The summed E-state index contributed by atoms with van der Waals surface area (Å²) in [6.07, 6.45) is 3.12. The average molecular weight is 509 g/mol. The number of hydrogen-bond donors (Lipinski definition) is 1. The smallest absolute Gasteiger partial charge is 0.130 e. The second-order valence-corrected chi connectivity index (χ2v) is 10.5. The van der Waals surface area contributed by atoms with Crippen molar-refractivity contribution < 1.29 is 18.6 Å². The number of allylic oxidation sites excluding steroid dienone is 1. The predicted molar refractivity (Wildman–Crippen MR) is 150 cm³/mol. The molecule has 1 atom stereocenters. The number of likely N-dealkylation sites (tertiary alicyclic amines) is 1. The van der Waals surface area contributed by atoms with Crippen LogP contribution in [0, 0.1) is 12.7 Å². The van der Waals surface area contributed by atoms with Crippen molar-refractivity contribution in [2.75, 3.05) is 19.8 Å². The molecular weight excluding hydrogens is 478 g/mol. The summed E-state index contributed by atoms with van der Waals surface area (Å²) in [5.74, 6) is 0.718. The molecular formula is C31H31B2F2NO2. The second kappa shape index (κ2) is 11.0. The minimum absolute atomic E-state index is 0.0761. The van der Waals surface area contributed by atoms with E-state index in [1.165, 1.54) is 0 Å². The van der Waals surface area contributed by atoms with Crippen LogP contribution in [0.25, 0.3) is 11.1 Å². The number of phenolic OH excluding ortho intramolecular Hbond substituents is 1. The first-order chi connectivity index (χ1) is 18.2. The second-order valence-electron chi connectivity index (χ2n) is 10.5. The van der Waals surface area contributed by atoms with Gasteiger partial charge in [-0.1, -0.05) is 35.7 Å². The highest BCUT2D eigenvalue weighted by molar-refractivity contribution is 6.39. The highest BCUT2D eigenvalue weighted by Crippen LogP contribution is 2.42. The maximum Gasteiger partial charge on any atom is 0.130 e. The molecule has 0 unspecified atom stereocenters. The molecule has 4 radical (unpaired) electrons. The maximum absolute atomic E-state index is 15.2. The van der Waals surface area contributed by atoms with E-state index in [4.69, 9.17) is 20.4 Å². The van der Waals surface area contributed by atoms with Crippen LogP contribution in [0.2, 0.25) is 0 Å². The number of phenols is 1. The third kappa shape index (κ3) is 5.54. The average Bonchev–Trinajstić information content (AvgIpc) is 3.27. The van der Waals surface area contributed by atoms with E-state index < -0.39 is 12.0 Å². The Balaban J connectivity index is 1.47. The number of alkyl halides is 1. The quantitative estimate of drug-likeness (QED) is 0.401. The first-order valence-electron chi connectivity index (χ1n) is 13.2. The third-order valence-electron chi connectivity index (χ3n) is 7.66. The number of benzene rings is 3. The first-order valence-corrected chi connectivity index (χ1v) is 13.2. The molecule has 0 saturated carbocycles. The van der Waals surface area contributed by atoms with Gasteiger partial charge in [0.1, 0.15) is 23.4 Å². The van der Waals surface area contributed by atoms with Crippen LogP contribution in [0.3, 0.4) is 0 Å². The Morgan fingerprint density at radius 3 is 2.53 bits per heavy atom. The van der Waals surface area contributed by atoms with Gasteiger partial charge in [0, 0.05) is 18.7 Å². The summed E-state index contributed by atoms with van der Waals surface area (Å²) < 4.78 is 34.3. The Morgan fingerprint density at radius 2 is 1.79 bits per heavy atom. The number of aryl methyl sites for hydroxylation is 2. The van der Waals surface area contributed by atoms with Crippen LogP contribution in [0.1, 0.15) is 53.5 Å². The Labute approximate surface area is 226 Å². The zero-order chi connectivity index (χ0) is 26.9. The molecule has 1 aliphatic heterocycles. The van der Waals surface area contributed by atoms with Crippen LogP contribution in [-0.4, -0.2) is 56.9 Å². The molecule has 0 amide bonds. The van der Waals surface area contributed by atoms with E-state index in [0.29, 0.717) is 24.4 Å². The van der Waals surface area contributed by atoms with Gasteiger partial charge in [0.2, 0.25) is 0 Å². The highest BCUT2D eigenvalue weighted by Gasteiger charge is 2.33. The van der Waals surface area contributed by atoms with Crippen LogP contribution in [0.5, 0.6) is 11.5 Å². The molecule has 0 bridgehead atoms. The van der Waals surface area contributed by atoms with E-state index in [9.17, 15) is 9.50 Å². The van der Waals surface area contributed by atoms with Gasteiger partial charge in [-0.2, -0.15) is 0 Å². The molecule has 3 aromatic carbocycles. The molecule has 3 nitrogen and oxygen atoms in total. The molecule has 38 heavy (non-hydrogen) atoms. The summed E-state index contributed by atoms with van der Waals surface area (Å²) in [6.45, 7) is 2.51. The monoisotopic (exact) mass is 509 g/mol. The number of aromatic hydroxyl groups is 1. The summed E-state index contributed by atoms with van der Waals surface area (Å²) in [5.41, 5.74) is 6.44. The van der Waals surface area contributed by atoms with Crippen molar-refractivity contribution in [3.05, 3.63) is 94.3 Å². The lowest BCUT2D eigenvalue weighted by atomic mass is 9.59. The molecule has 2 aliphatic rings. The van der Waals surface area contributed by atoms with Crippen molar-refractivity contribution in [1.82, 2.24) is 4.90 Å². The zero-order valence-corrected chi connectivity index (χ0v) is 21.7. The lowest BCUT2D eigenvalue weighted by Crippen LogP contribution is -2.49. The minimum Gasteiger partial charge on any atom is -0.508 e. The van der Waals surface area contributed by atoms with Crippen molar-refractivity contribution in [2.24, 2.45) is 0 Å². The largest absolute Gasteiger partial charge is 0.508 e. The van der Waals surface area contributed by atoms with E-state index in [1.54, 1.807) is 12.1 Å². The number of halogens is 2. The van der Waals surface area contributed by atoms with Gasteiger partial charge in [0.05, 0.1) is 22.4 Å². The fraction of sp³-hybridized carbons (Fsp3) is 0.355. The summed E-state index contributed by atoms with van der Waals surface area (Å²) in [4.78, 5) is 1.87. The number of nitrogens with zero attached hydrogens (tertiary/aromatic N) is 1. The fourth-order valence-electron chi connectivity index (χ4n) is 5.64. The Kier molecular flexibility index (Phi) is 7.67. The van der Waals surface area contributed by atoms with Gasteiger partial charge in [0.25, 0.3) is 0 Å². The molecule has 7 heteroatoms. The Bertz CT molecular complexity index is 1340. The standard InChI is InChI=1S/C31H31B2F2NO2/c1-20-5-11-27(29(35)17-20)28-4-2-3-22-18-23(37)8-12-26(22)30(28)21-6-9-24(10-7-21)38-25-13-16-36(19-25)31(32,33)14-15-34/h5-12,17-18,25,37H,2-4,13-16,19H2,1H3/t25-/m0/s1.